The van der Waals surface area contributed by atoms with Crippen LogP contribution in [-0.2, 0) is 47.7 Å². The number of ether oxygens (including phenoxy) is 4. The molecule has 4 aliphatic carbocycles. The molecule has 0 aliphatic heterocycles. The summed E-state index contributed by atoms with van der Waals surface area (Å²) in [6.45, 7) is 20.0. The van der Waals surface area contributed by atoms with Gasteiger partial charge in [0.2, 0.25) is 0 Å². The smallest absolute Gasteiger partial charge is 0.303 e. The van der Waals surface area contributed by atoms with Crippen LogP contribution < -0.4 is 0 Å². The Morgan fingerprint density at radius 1 is 0.837 bits per heavy atom. The van der Waals surface area contributed by atoms with E-state index >= 15 is 0 Å². The van der Waals surface area contributed by atoms with E-state index in [0.717, 1.165) is 5.57 Å². The average Bonchev–Trinajstić information content (AvgIpc) is 3.14. The summed E-state index contributed by atoms with van der Waals surface area (Å²) in [4.78, 5) is 77.5. The zero-order chi connectivity index (χ0) is 37.3. The number of hydrogen-bond acceptors (Lipinski definition) is 11. The Bertz CT molecular complexity index is 1450. The van der Waals surface area contributed by atoms with Crippen LogP contribution in [0.3, 0.4) is 0 Å². The number of allylic oxidation sites excluding steroid dienone is 1. The van der Waals surface area contributed by atoms with Gasteiger partial charge in [-0.05, 0) is 69.1 Å². The first-order chi connectivity index (χ1) is 22.3. The predicted molar refractivity (Wildman–Crippen MR) is 178 cm³/mol. The van der Waals surface area contributed by atoms with Crippen LogP contribution in [0.5, 0.6) is 0 Å². The van der Waals surface area contributed by atoms with Crippen molar-refractivity contribution < 1.29 is 52.8 Å². The minimum Gasteiger partial charge on any atom is -0.462 e. The Morgan fingerprint density at radius 3 is 1.92 bits per heavy atom. The molecule has 49 heavy (non-hydrogen) atoms. The van der Waals surface area contributed by atoms with Crippen molar-refractivity contribution in [2.75, 3.05) is 0 Å². The summed E-state index contributed by atoms with van der Waals surface area (Å²) < 4.78 is 22.9. The summed E-state index contributed by atoms with van der Waals surface area (Å²) >= 11 is 0. The molecule has 4 aliphatic rings. The van der Waals surface area contributed by atoms with Gasteiger partial charge < -0.3 is 24.1 Å². The van der Waals surface area contributed by atoms with Crippen LogP contribution >= 0.6 is 0 Å². The normalized spacial score (nSPS) is 37.7. The van der Waals surface area contributed by atoms with Crippen molar-refractivity contribution in [2.24, 2.45) is 39.4 Å². The third kappa shape index (κ3) is 6.38. The first-order valence-corrected chi connectivity index (χ1v) is 17.5. The molecular formula is C38H56O11. The number of esters is 4. The highest BCUT2D eigenvalue weighted by Gasteiger charge is 2.75. The van der Waals surface area contributed by atoms with Gasteiger partial charge in [0.25, 0.3) is 0 Å². The van der Waals surface area contributed by atoms with Crippen LogP contribution in [0.4, 0.5) is 0 Å². The Morgan fingerprint density at radius 2 is 1.39 bits per heavy atom. The van der Waals surface area contributed by atoms with Crippen LogP contribution in [-0.4, -0.2) is 70.1 Å². The zero-order valence-corrected chi connectivity index (χ0v) is 31.3. The van der Waals surface area contributed by atoms with Gasteiger partial charge in [-0.1, -0.05) is 46.3 Å². The number of carbonyl (C=O) groups excluding carboxylic acids is 6. The van der Waals surface area contributed by atoms with Gasteiger partial charge in [-0.3, -0.25) is 28.8 Å². The van der Waals surface area contributed by atoms with E-state index in [1.165, 1.54) is 34.6 Å². The van der Waals surface area contributed by atoms with Crippen molar-refractivity contribution in [2.45, 2.75) is 151 Å². The summed E-state index contributed by atoms with van der Waals surface area (Å²) in [7, 11) is 0. The van der Waals surface area contributed by atoms with Crippen LogP contribution in [0.2, 0.25) is 0 Å². The SMILES string of the molecule is CC(=O)O[C@H]1C[C@@H]2C(=CC[C@@H]3[C@@]2(C)C(=O)C[C@]2(C)[C@@H]([C@@](C)(O)C(=O)CCC(C)(C)OC(C)=O)[C@H](OC(C)=O)C[C@@]32C)C(C)(C)[C@@H]1OC(C)=O. The molecule has 11 nitrogen and oxygen atoms in total. The van der Waals surface area contributed by atoms with Gasteiger partial charge in [-0.2, -0.15) is 0 Å². The van der Waals surface area contributed by atoms with E-state index in [0.29, 0.717) is 12.8 Å². The van der Waals surface area contributed by atoms with Gasteiger partial charge >= 0.3 is 23.9 Å². The minimum atomic E-state index is -1.98. The maximum atomic E-state index is 14.9. The van der Waals surface area contributed by atoms with E-state index in [-0.39, 0.29) is 43.3 Å². The topological polar surface area (TPSA) is 160 Å². The van der Waals surface area contributed by atoms with Crippen molar-refractivity contribution in [3.8, 4) is 0 Å². The Hall–Kier alpha value is -3.08. The van der Waals surface area contributed by atoms with Gasteiger partial charge in [-0.25, -0.2) is 0 Å². The second-order valence-corrected chi connectivity index (χ2v) is 17.1. The Balaban J connectivity index is 1.80. The molecule has 3 fully saturated rings. The number of fused-ring (bicyclic) bond motifs is 5. The fourth-order valence-electron chi connectivity index (χ4n) is 10.8. The first-order valence-electron chi connectivity index (χ1n) is 17.5. The lowest BCUT2D eigenvalue weighted by Gasteiger charge is -2.65. The second kappa shape index (κ2) is 12.6. The number of carbonyl (C=O) groups is 6. The summed E-state index contributed by atoms with van der Waals surface area (Å²) in [5, 5.41) is 12.2. The molecule has 0 unspecified atom stereocenters. The second-order valence-electron chi connectivity index (χ2n) is 17.1. The van der Waals surface area contributed by atoms with Gasteiger partial charge in [0.1, 0.15) is 35.3 Å². The molecule has 0 aromatic rings. The molecule has 0 saturated heterocycles. The maximum absolute atomic E-state index is 14.9. The molecule has 274 valence electrons. The van der Waals surface area contributed by atoms with Crippen molar-refractivity contribution in [3.05, 3.63) is 11.6 Å². The molecule has 0 bridgehead atoms. The lowest BCUT2D eigenvalue weighted by Crippen LogP contribution is -2.66. The van der Waals surface area contributed by atoms with E-state index in [1.807, 2.05) is 27.7 Å². The zero-order valence-electron chi connectivity index (χ0n) is 31.3. The highest BCUT2D eigenvalue weighted by Crippen LogP contribution is 2.74. The number of ketones is 2. The molecular weight excluding hydrogens is 632 g/mol. The van der Waals surface area contributed by atoms with Crippen LogP contribution in [0.25, 0.3) is 0 Å². The van der Waals surface area contributed by atoms with Gasteiger partial charge in [0, 0.05) is 57.3 Å². The van der Waals surface area contributed by atoms with E-state index in [9.17, 15) is 33.9 Å². The lowest BCUT2D eigenvalue weighted by atomic mass is 9.38. The van der Waals surface area contributed by atoms with Crippen molar-refractivity contribution >= 4 is 35.4 Å². The largest absolute Gasteiger partial charge is 0.462 e. The molecule has 10 atom stereocenters. The molecule has 0 aromatic heterocycles. The highest BCUT2D eigenvalue weighted by atomic mass is 16.6. The number of aliphatic hydroxyl groups is 1. The molecule has 11 heteroatoms. The average molecular weight is 689 g/mol. The summed E-state index contributed by atoms with van der Waals surface area (Å²) in [6.07, 6.45) is 0.976. The molecule has 0 spiro atoms. The Labute approximate surface area is 290 Å². The van der Waals surface area contributed by atoms with E-state index < -0.39 is 86.8 Å². The van der Waals surface area contributed by atoms with Crippen LogP contribution in [0.1, 0.15) is 122 Å². The standard InChI is InChI=1S/C38H56O11/c1-20(39)46-26-17-25-24(34(7,8)32(26)48-22(3)41)13-14-28-35(9)18-27(47-21(2)40)31(36(35,10)19-30(44)37(25,28)11)38(12,45)29(43)15-16-33(5,6)49-23(4)42/h13,25-28,31-32,45H,14-19H2,1-12H3/t25-,26+,27-,28+,31+,32-,35+,36-,37+,38+/m1/s1. The van der Waals surface area contributed by atoms with E-state index in [2.05, 4.69) is 13.0 Å². The molecule has 0 amide bonds. The monoisotopic (exact) mass is 688 g/mol. The first kappa shape index (κ1) is 38.7. The van der Waals surface area contributed by atoms with Crippen LogP contribution in [0, 0.1) is 39.4 Å². The number of Topliss-reactive ketones (excluding diaryl/α,β-unsaturated/α-hetero) is 2. The van der Waals surface area contributed by atoms with Crippen molar-refractivity contribution in [1.82, 2.24) is 0 Å². The molecule has 1 N–H and O–H groups in total. The third-order valence-corrected chi connectivity index (χ3v) is 13.0. The maximum Gasteiger partial charge on any atom is 0.303 e. The van der Waals surface area contributed by atoms with Crippen molar-refractivity contribution in [1.29, 1.82) is 0 Å². The number of rotatable bonds is 9. The summed E-state index contributed by atoms with van der Waals surface area (Å²) in [6, 6.07) is 0. The lowest BCUT2D eigenvalue weighted by molar-refractivity contribution is -0.197. The van der Waals surface area contributed by atoms with Crippen molar-refractivity contribution in [3.63, 3.8) is 0 Å². The summed E-state index contributed by atoms with van der Waals surface area (Å²) in [5.41, 5.74) is -5.27. The van der Waals surface area contributed by atoms with Gasteiger partial charge in [0.15, 0.2) is 5.78 Å². The quantitative estimate of drug-likeness (QED) is 0.192. The van der Waals surface area contributed by atoms with Gasteiger partial charge in [0.05, 0.1) is 0 Å². The molecule has 3 saturated carbocycles. The molecule has 4 rings (SSSR count). The minimum absolute atomic E-state index is 0.0249. The fraction of sp³-hybridized carbons (Fsp3) is 0.789. The van der Waals surface area contributed by atoms with E-state index in [1.54, 1.807) is 13.8 Å². The fourth-order valence-corrected chi connectivity index (χ4v) is 10.8. The highest BCUT2D eigenvalue weighted by molar-refractivity contribution is 5.90. The van der Waals surface area contributed by atoms with E-state index in [4.69, 9.17) is 18.9 Å². The Kier molecular flexibility index (Phi) is 9.96. The molecule has 0 radical (unpaired) electrons. The predicted octanol–water partition coefficient (Wildman–Crippen LogP) is 5.23. The third-order valence-electron chi connectivity index (χ3n) is 13.0. The molecule has 0 aromatic carbocycles. The van der Waals surface area contributed by atoms with Crippen LogP contribution in [0.15, 0.2) is 11.6 Å². The summed E-state index contributed by atoms with van der Waals surface area (Å²) in [5.74, 6) is -4.07. The number of hydrogen-bond donors (Lipinski definition) is 1. The van der Waals surface area contributed by atoms with Gasteiger partial charge in [-0.15, -0.1) is 0 Å². The molecule has 0 heterocycles.